The average Bonchev–Trinajstić information content (AvgIpc) is 2.82. The fourth-order valence-corrected chi connectivity index (χ4v) is 2.45. The number of benzene rings is 1. The fraction of sp³-hybridized carbons (Fsp3) is 0.286. The summed E-state index contributed by atoms with van der Waals surface area (Å²) < 4.78 is 1.43. The van der Waals surface area contributed by atoms with Crippen LogP contribution in [0.3, 0.4) is 0 Å². The van der Waals surface area contributed by atoms with Crippen molar-refractivity contribution in [2.75, 3.05) is 10.6 Å². The lowest BCUT2D eigenvalue weighted by Gasteiger charge is -2.22. The van der Waals surface area contributed by atoms with Crippen molar-refractivity contribution in [2.24, 2.45) is 0 Å². The van der Waals surface area contributed by atoms with Gasteiger partial charge in [0, 0.05) is 10.7 Å². The number of amides is 2. The van der Waals surface area contributed by atoms with Gasteiger partial charge < -0.3 is 5.32 Å². The van der Waals surface area contributed by atoms with Crippen molar-refractivity contribution in [1.29, 1.82) is 0 Å². The van der Waals surface area contributed by atoms with Gasteiger partial charge in [0.15, 0.2) is 0 Å². The maximum Gasteiger partial charge on any atom is 0.249 e. The van der Waals surface area contributed by atoms with E-state index in [1.807, 2.05) is 13.0 Å². The number of fused-ring (bicyclic) bond motifs is 1. The Morgan fingerprint density at radius 3 is 2.95 bits per heavy atom. The smallest absolute Gasteiger partial charge is 0.249 e. The summed E-state index contributed by atoms with van der Waals surface area (Å²) in [7, 11) is 0. The van der Waals surface area contributed by atoms with Gasteiger partial charge in [-0.3, -0.25) is 14.9 Å². The summed E-state index contributed by atoms with van der Waals surface area (Å²) in [6, 6.07) is 4.52. The van der Waals surface area contributed by atoms with Gasteiger partial charge in [0.1, 0.15) is 11.9 Å². The summed E-state index contributed by atoms with van der Waals surface area (Å²) >= 11 is 6.05. The second-order valence-corrected chi connectivity index (χ2v) is 5.56. The second kappa shape index (κ2) is 5.42. The number of aromatic nitrogens is 3. The summed E-state index contributed by atoms with van der Waals surface area (Å²) in [6.45, 7) is 3.58. The molecule has 1 aromatic carbocycles. The molecule has 0 saturated heterocycles. The first kappa shape index (κ1) is 14.5. The summed E-state index contributed by atoms with van der Waals surface area (Å²) in [6.07, 6.45) is 0.0151. The van der Waals surface area contributed by atoms with Crippen LogP contribution in [0.15, 0.2) is 18.2 Å². The van der Waals surface area contributed by atoms with Crippen LogP contribution in [0.2, 0.25) is 5.02 Å². The summed E-state index contributed by atoms with van der Waals surface area (Å²) in [5.41, 5.74) is 1.50. The maximum atomic E-state index is 12.5. The third-order valence-electron chi connectivity index (χ3n) is 3.40. The molecular weight excluding hydrogens is 306 g/mol. The van der Waals surface area contributed by atoms with Gasteiger partial charge in [0.25, 0.3) is 0 Å². The third kappa shape index (κ3) is 2.67. The van der Waals surface area contributed by atoms with Gasteiger partial charge in [0.2, 0.25) is 17.8 Å². The molecular formula is C14H14ClN5O2. The number of halogens is 1. The molecule has 1 aliphatic rings. The van der Waals surface area contributed by atoms with Crippen LogP contribution in [0, 0.1) is 13.8 Å². The van der Waals surface area contributed by atoms with Crippen LogP contribution < -0.4 is 10.6 Å². The number of rotatable bonds is 2. The molecule has 0 radical (unpaired) electrons. The van der Waals surface area contributed by atoms with E-state index in [0.717, 1.165) is 5.56 Å². The molecule has 22 heavy (non-hydrogen) atoms. The van der Waals surface area contributed by atoms with Crippen molar-refractivity contribution < 1.29 is 9.59 Å². The van der Waals surface area contributed by atoms with Gasteiger partial charge in [0.05, 0.1) is 6.42 Å². The van der Waals surface area contributed by atoms with Gasteiger partial charge in [-0.15, -0.1) is 0 Å². The van der Waals surface area contributed by atoms with Crippen LogP contribution in [0.5, 0.6) is 0 Å². The van der Waals surface area contributed by atoms with Crippen LogP contribution in [0.25, 0.3) is 0 Å². The van der Waals surface area contributed by atoms with E-state index < -0.39 is 6.04 Å². The Balaban J connectivity index is 1.85. The molecule has 3 rings (SSSR count). The van der Waals surface area contributed by atoms with Gasteiger partial charge in [-0.05, 0) is 31.5 Å². The fourth-order valence-electron chi connectivity index (χ4n) is 2.27. The van der Waals surface area contributed by atoms with E-state index in [9.17, 15) is 9.59 Å². The quantitative estimate of drug-likeness (QED) is 0.886. The van der Waals surface area contributed by atoms with Gasteiger partial charge in [-0.1, -0.05) is 17.7 Å². The Morgan fingerprint density at radius 1 is 1.45 bits per heavy atom. The molecule has 0 saturated carbocycles. The molecule has 8 heteroatoms. The molecule has 1 atom stereocenters. The number of anilines is 2. The first-order valence-electron chi connectivity index (χ1n) is 6.74. The first-order valence-corrected chi connectivity index (χ1v) is 7.12. The minimum atomic E-state index is -0.731. The molecule has 7 nitrogen and oxygen atoms in total. The van der Waals surface area contributed by atoms with Crippen molar-refractivity contribution in [2.45, 2.75) is 26.3 Å². The molecule has 2 heterocycles. The van der Waals surface area contributed by atoms with Gasteiger partial charge in [-0.2, -0.15) is 10.1 Å². The van der Waals surface area contributed by atoms with E-state index >= 15 is 0 Å². The standard InChI is InChI=1S/C14H14ClN5O2/c1-7-3-4-9(5-10(7)15)17-13(22)11-6-12(21)18-14-16-8(2)19-20(11)14/h3-5,11H,6H2,1-2H3,(H,17,22)(H,16,18,19,21)/t11-/m1/s1. The second-order valence-electron chi connectivity index (χ2n) is 5.15. The van der Waals surface area contributed by atoms with Crippen molar-refractivity contribution in [3.63, 3.8) is 0 Å². The lowest BCUT2D eigenvalue weighted by atomic mass is 10.1. The minimum absolute atomic E-state index is 0.0151. The predicted octanol–water partition coefficient (Wildman–Crippen LogP) is 2.07. The van der Waals surface area contributed by atoms with Crippen LogP contribution in [-0.2, 0) is 9.59 Å². The van der Waals surface area contributed by atoms with Crippen LogP contribution >= 0.6 is 11.6 Å². The Morgan fingerprint density at radius 2 is 2.23 bits per heavy atom. The molecule has 2 aromatic rings. The molecule has 0 bridgehead atoms. The first-order chi connectivity index (χ1) is 10.4. The number of nitrogens with zero attached hydrogens (tertiary/aromatic N) is 3. The number of nitrogens with one attached hydrogen (secondary N) is 2. The lowest BCUT2D eigenvalue weighted by molar-refractivity contribution is -0.125. The number of hydrogen-bond donors (Lipinski definition) is 2. The van der Waals surface area contributed by atoms with Gasteiger partial charge >= 0.3 is 0 Å². The summed E-state index contributed by atoms with van der Waals surface area (Å²) in [4.78, 5) is 28.3. The van der Waals surface area contributed by atoms with Crippen LogP contribution in [0.1, 0.15) is 23.9 Å². The largest absolute Gasteiger partial charge is 0.324 e. The molecule has 2 N–H and O–H groups in total. The highest BCUT2D eigenvalue weighted by Gasteiger charge is 2.32. The lowest BCUT2D eigenvalue weighted by Crippen LogP contribution is -2.36. The number of aryl methyl sites for hydroxylation is 2. The number of carbonyl (C=O) groups is 2. The van der Waals surface area contributed by atoms with Gasteiger partial charge in [-0.25, -0.2) is 4.68 Å². The monoisotopic (exact) mass is 319 g/mol. The van der Waals surface area contributed by atoms with Crippen molar-refractivity contribution >= 4 is 35.1 Å². The zero-order chi connectivity index (χ0) is 15.9. The molecule has 2 amide bonds. The minimum Gasteiger partial charge on any atom is -0.324 e. The van der Waals surface area contributed by atoms with E-state index in [1.54, 1.807) is 19.1 Å². The Bertz CT molecular complexity index is 771. The van der Waals surface area contributed by atoms with Crippen molar-refractivity contribution in [1.82, 2.24) is 14.8 Å². The van der Waals surface area contributed by atoms with Crippen LogP contribution in [-0.4, -0.2) is 26.6 Å². The maximum absolute atomic E-state index is 12.5. The molecule has 114 valence electrons. The molecule has 0 spiro atoms. The Kier molecular flexibility index (Phi) is 3.58. The van der Waals surface area contributed by atoms with E-state index in [-0.39, 0.29) is 24.2 Å². The predicted molar refractivity (Wildman–Crippen MR) is 81.9 cm³/mol. The van der Waals surface area contributed by atoms with E-state index in [2.05, 4.69) is 20.7 Å². The molecule has 0 aliphatic carbocycles. The Labute approximate surface area is 131 Å². The topological polar surface area (TPSA) is 88.9 Å². The Hall–Kier alpha value is -2.41. The van der Waals surface area contributed by atoms with E-state index in [0.29, 0.717) is 16.5 Å². The number of carbonyl (C=O) groups excluding carboxylic acids is 2. The molecule has 1 aromatic heterocycles. The molecule has 0 fully saturated rings. The average molecular weight is 320 g/mol. The van der Waals surface area contributed by atoms with E-state index in [4.69, 9.17) is 11.6 Å². The summed E-state index contributed by atoms with van der Waals surface area (Å²) in [5.74, 6) is 0.187. The zero-order valence-corrected chi connectivity index (χ0v) is 12.8. The highest BCUT2D eigenvalue weighted by Crippen LogP contribution is 2.25. The van der Waals surface area contributed by atoms with E-state index in [1.165, 1.54) is 4.68 Å². The third-order valence-corrected chi connectivity index (χ3v) is 3.81. The zero-order valence-electron chi connectivity index (χ0n) is 12.1. The summed E-state index contributed by atoms with van der Waals surface area (Å²) in [5, 5.41) is 10.1. The molecule has 1 aliphatic heterocycles. The number of hydrogen-bond acceptors (Lipinski definition) is 4. The van der Waals surface area contributed by atoms with Crippen molar-refractivity contribution in [3.8, 4) is 0 Å². The molecule has 0 unspecified atom stereocenters. The SMILES string of the molecule is Cc1nc2n(n1)[C@@H](C(=O)Nc1ccc(C)c(Cl)c1)CC(=O)N2. The van der Waals surface area contributed by atoms with Crippen LogP contribution in [0.4, 0.5) is 11.6 Å². The highest BCUT2D eigenvalue weighted by atomic mass is 35.5. The highest BCUT2D eigenvalue weighted by molar-refractivity contribution is 6.31. The van der Waals surface area contributed by atoms with Crippen molar-refractivity contribution in [3.05, 3.63) is 34.6 Å². The normalized spacial score (nSPS) is 16.9.